The molecule has 0 aliphatic heterocycles. The number of fused-ring (bicyclic) bond motifs is 5. The summed E-state index contributed by atoms with van der Waals surface area (Å²) in [5.74, 6) is 6.90. The molecule has 4 aliphatic rings. The van der Waals surface area contributed by atoms with Crippen molar-refractivity contribution in [1.29, 1.82) is 0 Å². The van der Waals surface area contributed by atoms with Crippen molar-refractivity contribution in [1.82, 2.24) is 0 Å². The highest BCUT2D eigenvalue weighted by Crippen LogP contribution is 2.68. The maximum atomic E-state index is 12.5. The molecule has 2 heteroatoms. The second kappa shape index (κ2) is 19.0. The topological polar surface area (TPSA) is 26.3 Å². The van der Waals surface area contributed by atoms with Crippen LogP contribution in [0.4, 0.5) is 0 Å². The summed E-state index contributed by atoms with van der Waals surface area (Å²) in [6.07, 6.45) is 35.8. The number of rotatable bonds is 21. The van der Waals surface area contributed by atoms with Gasteiger partial charge in [0.2, 0.25) is 0 Å². The van der Waals surface area contributed by atoms with E-state index in [0.717, 1.165) is 41.9 Å². The molecule has 0 aromatic heterocycles. The monoisotopic (exact) mass is 641 g/mol. The summed E-state index contributed by atoms with van der Waals surface area (Å²) >= 11 is 0. The number of carbonyl (C=O) groups excluding carboxylic acids is 1. The van der Waals surface area contributed by atoms with Crippen molar-refractivity contribution in [3.8, 4) is 0 Å². The summed E-state index contributed by atoms with van der Waals surface area (Å²) in [6, 6.07) is 0. The summed E-state index contributed by atoms with van der Waals surface area (Å²) in [5.41, 5.74) is 1.24. The first kappa shape index (κ1) is 38.3. The van der Waals surface area contributed by atoms with Crippen molar-refractivity contribution in [3.05, 3.63) is 0 Å². The fourth-order valence-corrected chi connectivity index (χ4v) is 12.0. The van der Waals surface area contributed by atoms with Crippen LogP contribution < -0.4 is 0 Å². The van der Waals surface area contributed by atoms with Crippen LogP contribution in [-0.4, -0.2) is 12.6 Å². The SMILES string of the molecule is CCCCCCCCCCCCCCCC(=O)OCC(C)[C@H](C)CC[C@@H](C)[C@H]1CC[C@H]2[C@@H]3CCC4CCCC[C@]4(C)[C@H]3CC[C@]12C. The van der Waals surface area contributed by atoms with Gasteiger partial charge in [-0.3, -0.25) is 4.79 Å². The Balaban J connectivity index is 1.06. The smallest absolute Gasteiger partial charge is 0.305 e. The van der Waals surface area contributed by atoms with Crippen LogP contribution in [0, 0.1) is 58.2 Å². The van der Waals surface area contributed by atoms with Gasteiger partial charge in [-0.25, -0.2) is 0 Å². The van der Waals surface area contributed by atoms with Crippen LogP contribution in [0.2, 0.25) is 0 Å². The number of hydrogen-bond acceptors (Lipinski definition) is 2. The molecule has 2 unspecified atom stereocenters. The van der Waals surface area contributed by atoms with Crippen LogP contribution in [0.1, 0.15) is 208 Å². The fourth-order valence-electron chi connectivity index (χ4n) is 12.0. The lowest BCUT2D eigenvalue weighted by Gasteiger charge is -2.61. The molecule has 0 saturated heterocycles. The molecule has 268 valence electrons. The molecular weight excluding hydrogens is 560 g/mol. The molecule has 4 rings (SSSR count). The Hall–Kier alpha value is -0.530. The predicted molar refractivity (Wildman–Crippen MR) is 198 cm³/mol. The lowest BCUT2D eigenvalue weighted by atomic mass is 9.44. The molecule has 2 nitrogen and oxygen atoms in total. The van der Waals surface area contributed by atoms with Crippen LogP contribution in [0.15, 0.2) is 0 Å². The van der Waals surface area contributed by atoms with E-state index in [1.165, 1.54) is 148 Å². The zero-order valence-electron chi connectivity index (χ0n) is 32.0. The van der Waals surface area contributed by atoms with Crippen LogP contribution in [-0.2, 0) is 9.53 Å². The summed E-state index contributed by atoms with van der Waals surface area (Å²) in [4.78, 5) is 12.5. The predicted octanol–water partition coefficient (Wildman–Crippen LogP) is 13.7. The van der Waals surface area contributed by atoms with Gasteiger partial charge in [-0.15, -0.1) is 0 Å². The molecule has 4 fully saturated rings. The molecule has 0 spiro atoms. The van der Waals surface area contributed by atoms with Crippen LogP contribution in [0.25, 0.3) is 0 Å². The van der Waals surface area contributed by atoms with E-state index in [0.29, 0.717) is 35.7 Å². The van der Waals surface area contributed by atoms with Crippen molar-refractivity contribution < 1.29 is 9.53 Å². The molecule has 0 amide bonds. The average Bonchev–Trinajstić information content (AvgIpc) is 3.41. The quantitative estimate of drug-likeness (QED) is 0.0921. The molecule has 0 bridgehead atoms. The molecule has 10 atom stereocenters. The van der Waals surface area contributed by atoms with Gasteiger partial charge in [-0.1, -0.05) is 144 Å². The number of ether oxygens (including phenoxy) is 1. The van der Waals surface area contributed by atoms with Gasteiger partial charge in [0, 0.05) is 6.42 Å². The minimum Gasteiger partial charge on any atom is -0.465 e. The molecule has 0 heterocycles. The van der Waals surface area contributed by atoms with Gasteiger partial charge in [-0.2, -0.15) is 0 Å². The van der Waals surface area contributed by atoms with Gasteiger partial charge in [0.15, 0.2) is 0 Å². The number of unbranched alkanes of at least 4 members (excludes halogenated alkanes) is 12. The molecular formula is C44H80O2. The van der Waals surface area contributed by atoms with E-state index in [2.05, 4.69) is 41.5 Å². The lowest BCUT2D eigenvalue weighted by molar-refractivity contribution is -0.145. The van der Waals surface area contributed by atoms with E-state index in [1.54, 1.807) is 6.42 Å². The first-order valence-electron chi connectivity index (χ1n) is 21.4. The van der Waals surface area contributed by atoms with Gasteiger partial charge in [0.25, 0.3) is 0 Å². The molecule has 4 aliphatic carbocycles. The zero-order chi connectivity index (χ0) is 33.0. The largest absolute Gasteiger partial charge is 0.465 e. The summed E-state index contributed by atoms with van der Waals surface area (Å²) < 4.78 is 5.78. The minimum absolute atomic E-state index is 0.0344. The summed E-state index contributed by atoms with van der Waals surface area (Å²) in [5, 5.41) is 0. The number of hydrogen-bond donors (Lipinski definition) is 0. The normalized spacial score (nSPS) is 34.3. The maximum absolute atomic E-state index is 12.5. The standard InChI is InChI=1S/C44H80O2/c1-7-8-9-10-11-12-13-14-15-16-17-18-19-23-42(45)46-33-36(4)34(2)24-25-35(3)39-28-29-40-38-27-26-37-22-20-21-31-43(37,5)41(38)30-32-44(39,40)6/h34-41H,7-33H2,1-6H3/t34-,35-,36?,37?,38+,39-,40+,41+,43+,44-/m1/s1. The lowest BCUT2D eigenvalue weighted by Crippen LogP contribution is -2.53. The Bertz CT molecular complexity index is 866. The third-order valence-electron chi connectivity index (χ3n) is 15.4. The van der Waals surface area contributed by atoms with Crippen molar-refractivity contribution in [2.75, 3.05) is 6.61 Å². The second-order valence-corrected chi connectivity index (χ2v) is 18.3. The molecule has 0 N–H and O–H groups in total. The van der Waals surface area contributed by atoms with Crippen LogP contribution in [0.5, 0.6) is 0 Å². The van der Waals surface area contributed by atoms with Gasteiger partial charge in [0.05, 0.1) is 6.61 Å². The van der Waals surface area contributed by atoms with E-state index in [9.17, 15) is 4.79 Å². The Labute approximate surface area is 288 Å². The van der Waals surface area contributed by atoms with Gasteiger partial charge < -0.3 is 4.74 Å². The van der Waals surface area contributed by atoms with Crippen molar-refractivity contribution in [3.63, 3.8) is 0 Å². The fraction of sp³-hybridized carbons (Fsp3) is 0.977. The Morgan fingerprint density at radius 1 is 0.652 bits per heavy atom. The van der Waals surface area contributed by atoms with E-state index >= 15 is 0 Å². The van der Waals surface area contributed by atoms with E-state index < -0.39 is 0 Å². The maximum Gasteiger partial charge on any atom is 0.305 e. The molecule has 4 saturated carbocycles. The molecule has 46 heavy (non-hydrogen) atoms. The zero-order valence-corrected chi connectivity index (χ0v) is 32.0. The van der Waals surface area contributed by atoms with Crippen molar-refractivity contribution in [2.24, 2.45) is 58.2 Å². The Kier molecular flexibility index (Phi) is 15.8. The van der Waals surface area contributed by atoms with Crippen molar-refractivity contribution in [2.45, 2.75) is 208 Å². The third-order valence-corrected chi connectivity index (χ3v) is 15.4. The molecule has 0 aromatic carbocycles. The van der Waals surface area contributed by atoms with Gasteiger partial charge >= 0.3 is 5.97 Å². The minimum atomic E-state index is 0.0344. The third kappa shape index (κ3) is 10.0. The van der Waals surface area contributed by atoms with Gasteiger partial charge in [-0.05, 0) is 116 Å². The van der Waals surface area contributed by atoms with Crippen LogP contribution >= 0.6 is 0 Å². The average molecular weight is 641 g/mol. The van der Waals surface area contributed by atoms with Gasteiger partial charge in [0.1, 0.15) is 0 Å². The van der Waals surface area contributed by atoms with Crippen LogP contribution in [0.3, 0.4) is 0 Å². The Morgan fingerprint density at radius 2 is 1.28 bits per heavy atom. The van der Waals surface area contributed by atoms with Crippen molar-refractivity contribution >= 4 is 5.97 Å². The second-order valence-electron chi connectivity index (χ2n) is 18.3. The molecule has 0 aromatic rings. The first-order valence-corrected chi connectivity index (χ1v) is 21.4. The molecule has 0 radical (unpaired) electrons. The first-order chi connectivity index (χ1) is 22.2. The highest BCUT2D eigenvalue weighted by atomic mass is 16.5. The van der Waals surface area contributed by atoms with E-state index in [4.69, 9.17) is 4.74 Å². The highest BCUT2D eigenvalue weighted by Gasteiger charge is 2.60. The highest BCUT2D eigenvalue weighted by molar-refractivity contribution is 5.69. The van der Waals surface area contributed by atoms with E-state index in [1.807, 2.05) is 0 Å². The van der Waals surface area contributed by atoms with E-state index in [-0.39, 0.29) is 5.97 Å². The number of carbonyl (C=O) groups is 1. The summed E-state index contributed by atoms with van der Waals surface area (Å²) in [7, 11) is 0. The number of esters is 1. The Morgan fingerprint density at radius 3 is 1.96 bits per heavy atom. The summed E-state index contributed by atoms with van der Waals surface area (Å²) in [6.45, 7) is 15.7.